The minimum atomic E-state index is -0.339. The molecule has 0 aliphatic heterocycles. The molecule has 0 radical (unpaired) electrons. The number of rotatable bonds is 11. The summed E-state index contributed by atoms with van der Waals surface area (Å²) in [5.41, 5.74) is 2.29. The van der Waals surface area contributed by atoms with E-state index in [9.17, 15) is 4.79 Å². The molecule has 4 aromatic rings. The van der Waals surface area contributed by atoms with Crippen molar-refractivity contribution in [3.63, 3.8) is 0 Å². The van der Waals surface area contributed by atoms with Gasteiger partial charge in [0.1, 0.15) is 30.5 Å². The first-order valence-electron chi connectivity index (χ1n) is 12.1. The Morgan fingerprint density at radius 3 is 2.16 bits per heavy atom. The topological polar surface area (TPSA) is 68.8 Å². The summed E-state index contributed by atoms with van der Waals surface area (Å²) >= 11 is 8.87. The molecule has 4 aromatic carbocycles. The molecule has 38 heavy (non-hydrogen) atoms. The normalized spacial score (nSPS) is 10.3. The van der Waals surface area contributed by atoms with Crippen molar-refractivity contribution >= 4 is 44.9 Å². The van der Waals surface area contributed by atoms with Crippen molar-refractivity contribution in [3.8, 4) is 17.2 Å². The van der Waals surface area contributed by atoms with Gasteiger partial charge in [-0.3, -0.25) is 10.1 Å². The number of thiocarbonyl (C=S) groups is 1. The summed E-state index contributed by atoms with van der Waals surface area (Å²) in [4.78, 5) is 12.8. The highest BCUT2D eigenvalue weighted by atomic mass is 79.9. The Labute approximate surface area is 236 Å². The summed E-state index contributed by atoms with van der Waals surface area (Å²) in [5, 5.41) is 5.91. The quantitative estimate of drug-likeness (QED) is 0.150. The number of hydrogen-bond donors (Lipinski definition) is 2. The summed E-state index contributed by atoms with van der Waals surface area (Å²) in [6.45, 7) is 1.27. The molecule has 0 saturated heterocycles. The first-order valence-corrected chi connectivity index (χ1v) is 13.3. The first-order chi connectivity index (χ1) is 18.6. The number of carbonyl (C=O) groups excluding carboxylic acids is 1. The Morgan fingerprint density at radius 2 is 1.39 bits per heavy atom. The molecule has 0 unspecified atom stereocenters. The lowest BCUT2D eigenvalue weighted by atomic mass is 10.2. The van der Waals surface area contributed by atoms with Crippen LogP contribution in [0.25, 0.3) is 0 Å². The van der Waals surface area contributed by atoms with E-state index in [0.717, 1.165) is 12.2 Å². The number of para-hydroxylation sites is 3. The van der Waals surface area contributed by atoms with Gasteiger partial charge in [0, 0.05) is 12.0 Å². The summed E-state index contributed by atoms with van der Waals surface area (Å²) in [5.74, 6) is 1.71. The van der Waals surface area contributed by atoms with Crippen molar-refractivity contribution in [1.29, 1.82) is 0 Å². The van der Waals surface area contributed by atoms with Gasteiger partial charge < -0.3 is 19.5 Å². The number of carbonyl (C=O) groups is 1. The third kappa shape index (κ3) is 8.33. The third-order valence-corrected chi connectivity index (χ3v) is 6.22. The predicted octanol–water partition coefficient (Wildman–Crippen LogP) is 6.66. The standard InChI is InChI=1S/C30H27BrN2O4S/c31-25-21-23(15-16-27(25)36-18-17-22-9-3-1-4-10-22)29(34)33-30(38)32-26-13-7-8-14-28(26)37-20-19-35-24-11-5-2-6-12-24/h1-16,21H,17-20H2,(H2,32,33,34,38). The van der Waals surface area contributed by atoms with Crippen LogP contribution in [-0.2, 0) is 6.42 Å². The van der Waals surface area contributed by atoms with E-state index >= 15 is 0 Å². The van der Waals surface area contributed by atoms with Crippen molar-refractivity contribution < 1.29 is 19.0 Å². The Hall–Kier alpha value is -3.88. The molecule has 0 fully saturated rings. The highest BCUT2D eigenvalue weighted by molar-refractivity contribution is 9.10. The van der Waals surface area contributed by atoms with Crippen LogP contribution in [-0.4, -0.2) is 30.8 Å². The van der Waals surface area contributed by atoms with Gasteiger partial charge >= 0.3 is 0 Å². The maximum atomic E-state index is 12.8. The van der Waals surface area contributed by atoms with Gasteiger partial charge in [-0.1, -0.05) is 60.7 Å². The largest absolute Gasteiger partial charge is 0.492 e. The van der Waals surface area contributed by atoms with Gasteiger partial charge in [-0.05, 0) is 76.2 Å². The van der Waals surface area contributed by atoms with Crippen molar-refractivity contribution in [2.24, 2.45) is 0 Å². The Balaban J connectivity index is 1.26. The molecule has 194 valence electrons. The summed E-state index contributed by atoms with van der Waals surface area (Å²) < 4.78 is 18.1. The Kier molecular flexibility index (Phi) is 10.1. The van der Waals surface area contributed by atoms with Gasteiger partial charge in [0.25, 0.3) is 5.91 Å². The molecule has 2 N–H and O–H groups in total. The van der Waals surface area contributed by atoms with Crippen LogP contribution in [0.1, 0.15) is 15.9 Å². The second-order valence-electron chi connectivity index (χ2n) is 8.14. The lowest BCUT2D eigenvalue weighted by molar-refractivity contribution is 0.0977. The second-order valence-corrected chi connectivity index (χ2v) is 9.41. The molecule has 8 heteroatoms. The molecule has 0 atom stereocenters. The molecular formula is C30H27BrN2O4S. The van der Waals surface area contributed by atoms with E-state index in [1.807, 2.05) is 72.8 Å². The van der Waals surface area contributed by atoms with E-state index < -0.39 is 0 Å². The molecule has 0 bridgehead atoms. The van der Waals surface area contributed by atoms with Gasteiger partial charge in [0.05, 0.1) is 16.8 Å². The lowest BCUT2D eigenvalue weighted by Gasteiger charge is -2.15. The van der Waals surface area contributed by atoms with Crippen LogP contribution in [0.15, 0.2) is 108 Å². The van der Waals surface area contributed by atoms with Gasteiger partial charge in [-0.15, -0.1) is 0 Å². The molecule has 0 saturated carbocycles. The van der Waals surface area contributed by atoms with Gasteiger partial charge in [0.2, 0.25) is 0 Å². The van der Waals surface area contributed by atoms with Gasteiger partial charge in [-0.25, -0.2) is 0 Å². The van der Waals surface area contributed by atoms with Crippen LogP contribution in [0.2, 0.25) is 0 Å². The van der Waals surface area contributed by atoms with Crippen molar-refractivity contribution in [1.82, 2.24) is 5.32 Å². The lowest BCUT2D eigenvalue weighted by Crippen LogP contribution is -2.34. The fourth-order valence-corrected chi connectivity index (χ4v) is 4.23. The zero-order valence-corrected chi connectivity index (χ0v) is 23.0. The number of hydrogen-bond acceptors (Lipinski definition) is 5. The fourth-order valence-electron chi connectivity index (χ4n) is 3.54. The Bertz CT molecular complexity index is 1350. The molecule has 1 amide bonds. The van der Waals surface area contributed by atoms with Crippen molar-refractivity contribution in [2.45, 2.75) is 6.42 Å². The molecule has 0 heterocycles. The van der Waals surface area contributed by atoms with Crippen LogP contribution >= 0.6 is 28.1 Å². The molecule has 0 aromatic heterocycles. The molecule has 6 nitrogen and oxygen atoms in total. The highest BCUT2D eigenvalue weighted by Crippen LogP contribution is 2.27. The van der Waals surface area contributed by atoms with Gasteiger partial charge in [-0.2, -0.15) is 0 Å². The summed E-state index contributed by atoms with van der Waals surface area (Å²) in [6, 6.07) is 32.2. The van der Waals surface area contributed by atoms with E-state index in [-0.39, 0.29) is 11.0 Å². The maximum Gasteiger partial charge on any atom is 0.257 e. The van der Waals surface area contributed by atoms with Gasteiger partial charge in [0.15, 0.2) is 5.11 Å². The SMILES string of the molecule is O=C(NC(=S)Nc1ccccc1OCCOc1ccccc1)c1ccc(OCCc2ccccc2)c(Br)c1. The number of halogens is 1. The zero-order valence-electron chi connectivity index (χ0n) is 20.6. The second kappa shape index (κ2) is 14.2. The number of benzene rings is 4. The minimum Gasteiger partial charge on any atom is -0.492 e. The van der Waals surface area contributed by atoms with E-state index in [4.69, 9.17) is 26.4 Å². The summed E-state index contributed by atoms with van der Waals surface area (Å²) in [6.07, 6.45) is 0.792. The fraction of sp³-hybridized carbons (Fsp3) is 0.133. The molecule has 4 rings (SSSR count). The number of ether oxygens (including phenoxy) is 3. The van der Waals surface area contributed by atoms with Crippen LogP contribution in [0.4, 0.5) is 5.69 Å². The smallest absolute Gasteiger partial charge is 0.257 e. The Morgan fingerprint density at radius 1 is 0.737 bits per heavy atom. The molecular weight excluding hydrogens is 564 g/mol. The van der Waals surface area contributed by atoms with Crippen LogP contribution in [0, 0.1) is 0 Å². The molecule has 0 aliphatic rings. The average Bonchev–Trinajstić information content (AvgIpc) is 2.94. The van der Waals surface area contributed by atoms with E-state index in [0.29, 0.717) is 47.0 Å². The first kappa shape index (κ1) is 27.2. The minimum absolute atomic E-state index is 0.158. The van der Waals surface area contributed by atoms with Crippen LogP contribution in [0.3, 0.4) is 0 Å². The van der Waals surface area contributed by atoms with Crippen LogP contribution < -0.4 is 24.8 Å². The van der Waals surface area contributed by atoms with E-state index in [1.54, 1.807) is 18.2 Å². The average molecular weight is 592 g/mol. The predicted molar refractivity (Wildman–Crippen MR) is 157 cm³/mol. The van der Waals surface area contributed by atoms with E-state index in [2.05, 4.69) is 38.7 Å². The monoisotopic (exact) mass is 590 g/mol. The number of amides is 1. The molecule has 0 spiro atoms. The highest BCUT2D eigenvalue weighted by Gasteiger charge is 2.12. The molecule has 0 aliphatic carbocycles. The van der Waals surface area contributed by atoms with Crippen molar-refractivity contribution in [2.75, 3.05) is 25.1 Å². The zero-order chi connectivity index (χ0) is 26.6. The number of nitrogens with one attached hydrogen (secondary N) is 2. The van der Waals surface area contributed by atoms with E-state index in [1.165, 1.54) is 5.56 Å². The summed E-state index contributed by atoms with van der Waals surface area (Å²) in [7, 11) is 0. The van der Waals surface area contributed by atoms with Crippen molar-refractivity contribution in [3.05, 3.63) is 119 Å². The van der Waals surface area contributed by atoms with Crippen LogP contribution in [0.5, 0.6) is 17.2 Å². The maximum absolute atomic E-state index is 12.8. The third-order valence-electron chi connectivity index (χ3n) is 5.40. The number of anilines is 1.